The fraction of sp³-hybridized carbons (Fsp3) is 0. The number of rotatable bonds is 0. The molecule has 6 nitrogen and oxygen atoms in total. The Balaban J connectivity index is -0.0000000800. The monoisotopic (exact) mass is 324 g/mol. The SMILES string of the molecule is O=S(=O)([O-])[O-].[O]=[Zr]=[O].[Pd+2]. The fourth-order valence-electron chi connectivity index (χ4n) is 0. The van der Waals surface area contributed by atoms with E-state index in [0.29, 0.717) is 0 Å². The molecule has 0 fully saturated rings. The summed E-state index contributed by atoms with van der Waals surface area (Å²) in [4.78, 5) is 0. The topological polar surface area (TPSA) is 114 Å². The van der Waals surface area contributed by atoms with Crippen LogP contribution in [0.5, 0.6) is 0 Å². The summed E-state index contributed by atoms with van der Waals surface area (Å²) in [6.45, 7) is 0. The zero-order valence-electron chi connectivity index (χ0n) is 3.67. The van der Waals surface area contributed by atoms with Gasteiger partial charge in [0.2, 0.25) is 0 Å². The standard InChI is InChI=1S/H2O4S.2O.Pd.Zr/c1-5(2,3)4;;;;/h(H2,1,2,3,4);;;;/q;;;+2;/p-2. The zero-order chi connectivity index (χ0) is 7.21. The number of hydrogen-bond donors (Lipinski definition) is 0. The minimum atomic E-state index is -5.17. The molecule has 56 valence electrons. The van der Waals surface area contributed by atoms with E-state index in [0.717, 1.165) is 0 Å². The average Bonchev–Trinajstić information content (AvgIpc) is 1.27. The molecule has 0 aliphatic rings. The molecule has 0 spiro atoms. The van der Waals surface area contributed by atoms with Crippen LogP contribution in [0.4, 0.5) is 0 Å². The van der Waals surface area contributed by atoms with Crippen molar-refractivity contribution in [1.82, 2.24) is 0 Å². The van der Waals surface area contributed by atoms with Crippen molar-refractivity contribution >= 4 is 10.4 Å². The summed E-state index contributed by atoms with van der Waals surface area (Å²) in [5, 5.41) is 0. The van der Waals surface area contributed by atoms with Crippen molar-refractivity contribution in [2.45, 2.75) is 0 Å². The minimum Gasteiger partial charge on any atom is 2.00 e. The van der Waals surface area contributed by atoms with E-state index in [1.807, 2.05) is 0 Å². The van der Waals surface area contributed by atoms with E-state index in [2.05, 4.69) is 0 Å². The van der Waals surface area contributed by atoms with Crippen LogP contribution in [0.3, 0.4) is 0 Å². The fourth-order valence-corrected chi connectivity index (χ4v) is 0. The molecule has 0 aromatic heterocycles. The largest absolute Gasteiger partial charge is 2.00 e. The Morgan fingerprint density at radius 3 is 1.11 bits per heavy atom. The van der Waals surface area contributed by atoms with Gasteiger partial charge in [0.1, 0.15) is 0 Å². The predicted octanol–water partition coefficient (Wildman–Crippen LogP) is -1.58. The summed E-state index contributed by atoms with van der Waals surface area (Å²) >= 11 is -2.27. The smallest absolute Gasteiger partial charge is 2.00 e. The van der Waals surface area contributed by atoms with Crippen LogP contribution in [-0.2, 0) is 59.7 Å². The van der Waals surface area contributed by atoms with Gasteiger partial charge in [-0.2, -0.15) is 0 Å². The summed E-state index contributed by atoms with van der Waals surface area (Å²) in [6.07, 6.45) is 0. The van der Waals surface area contributed by atoms with Crippen LogP contribution in [0.1, 0.15) is 0 Å². The quantitative estimate of drug-likeness (QED) is 0.301. The molecule has 0 bridgehead atoms. The van der Waals surface area contributed by atoms with Crippen LogP contribution in [0.2, 0.25) is 0 Å². The van der Waals surface area contributed by atoms with Crippen molar-refractivity contribution in [1.29, 1.82) is 0 Å². The van der Waals surface area contributed by atoms with Crippen LogP contribution in [0.15, 0.2) is 0 Å². The Labute approximate surface area is 76.7 Å². The van der Waals surface area contributed by atoms with Gasteiger partial charge in [0.05, 0.1) is 0 Å². The first-order valence-electron chi connectivity index (χ1n) is 1.07. The van der Waals surface area contributed by atoms with Gasteiger partial charge >= 0.3 is 49.3 Å². The van der Waals surface area contributed by atoms with Crippen molar-refractivity contribution < 1.29 is 66.8 Å². The van der Waals surface area contributed by atoms with Crippen molar-refractivity contribution in [3.05, 3.63) is 0 Å². The van der Waals surface area contributed by atoms with E-state index >= 15 is 0 Å². The van der Waals surface area contributed by atoms with Gasteiger partial charge in [-0.05, 0) is 0 Å². The molecule has 9 heavy (non-hydrogen) atoms. The molecule has 0 atom stereocenters. The second-order valence-corrected chi connectivity index (χ2v) is 1.72. The average molecular weight is 326 g/mol. The summed E-state index contributed by atoms with van der Waals surface area (Å²) in [5.41, 5.74) is 0. The molecule has 0 unspecified atom stereocenters. The molecule has 9 heteroatoms. The van der Waals surface area contributed by atoms with Crippen molar-refractivity contribution in [3.8, 4) is 0 Å². The van der Waals surface area contributed by atoms with Gasteiger partial charge in [0.25, 0.3) is 0 Å². The van der Waals surface area contributed by atoms with Gasteiger partial charge in [-0.25, -0.2) is 0 Å². The Kier molecular flexibility index (Phi) is 16.6. The summed E-state index contributed by atoms with van der Waals surface area (Å²) in [5.74, 6) is 0. The van der Waals surface area contributed by atoms with Crippen molar-refractivity contribution in [3.63, 3.8) is 0 Å². The van der Waals surface area contributed by atoms with E-state index in [1.165, 1.54) is 0 Å². The molecular formula is O6PdSZr. The van der Waals surface area contributed by atoms with Crippen molar-refractivity contribution in [2.75, 3.05) is 0 Å². The molecule has 0 aromatic rings. The molecule has 0 aliphatic carbocycles. The van der Waals surface area contributed by atoms with E-state index in [4.69, 9.17) is 23.1 Å². The predicted molar refractivity (Wildman–Crippen MR) is 11.8 cm³/mol. The zero-order valence-corrected chi connectivity index (χ0v) is 8.50. The normalized spacial score (nSPS) is 7.33. The van der Waals surface area contributed by atoms with Crippen LogP contribution >= 0.6 is 0 Å². The van der Waals surface area contributed by atoms with Gasteiger partial charge in [-0.3, -0.25) is 8.42 Å². The second kappa shape index (κ2) is 9.02. The first kappa shape index (κ1) is 16.5. The van der Waals surface area contributed by atoms with Gasteiger partial charge < -0.3 is 9.11 Å². The first-order valence-corrected chi connectivity index (χ1v) is 4.42. The maximum atomic E-state index is 8.54. The molecule has 0 N–H and O–H groups in total. The van der Waals surface area contributed by atoms with Crippen LogP contribution in [0.25, 0.3) is 0 Å². The summed E-state index contributed by atoms with van der Waals surface area (Å²) < 4.78 is 51.2. The summed E-state index contributed by atoms with van der Waals surface area (Å²) in [7, 11) is -5.17. The molecule has 0 saturated carbocycles. The van der Waals surface area contributed by atoms with E-state index < -0.39 is 33.6 Å². The van der Waals surface area contributed by atoms with Gasteiger partial charge in [0.15, 0.2) is 0 Å². The third kappa shape index (κ3) is 430. The van der Waals surface area contributed by atoms with Crippen LogP contribution in [-0.4, -0.2) is 17.5 Å². The maximum Gasteiger partial charge on any atom is 2.00 e. The summed E-state index contributed by atoms with van der Waals surface area (Å²) in [6, 6.07) is 0. The maximum absolute atomic E-state index is 8.54. The second-order valence-electron chi connectivity index (χ2n) is 0.492. The van der Waals surface area contributed by atoms with E-state index in [-0.39, 0.29) is 20.4 Å². The van der Waals surface area contributed by atoms with E-state index in [1.54, 1.807) is 0 Å². The molecule has 0 aromatic carbocycles. The van der Waals surface area contributed by atoms with Crippen LogP contribution < -0.4 is 0 Å². The van der Waals surface area contributed by atoms with Gasteiger partial charge in [0, 0.05) is 10.4 Å². The first-order chi connectivity index (χ1) is 3.41. The number of hydrogen-bond acceptors (Lipinski definition) is 6. The molecule has 0 heterocycles. The molecule has 0 aliphatic heterocycles. The molecule has 0 rings (SSSR count). The Morgan fingerprint density at radius 1 is 1.11 bits per heavy atom. The molecular weight excluding hydrogens is 326 g/mol. The Bertz CT molecular complexity index is 153. The Morgan fingerprint density at radius 2 is 1.11 bits per heavy atom. The molecule has 0 radical (unpaired) electrons. The minimum absolute atomic E-state index is 0. The molecule has 0 saturated heterocycles. The van der Waals surface area contributed by atoms with Gasteiger partial charge in [-0.1, -0.05) is 0 Å². The van der Waals surface area contributed by atoms with Gasteiger partial charge in [-0.15, -0.1) is 0 Å². The third-order valence-corrected chi connectivity index (χ3v) is 0. The molecule has 0 amide bonds. The Hall–Kier alpha value is 1.02. The van der Waals surface area contributed by atoms with Crippen LogP contribution in [0, 0.1) is 0 Å². The third-order valence-electron chi connectivity index (χ3n) is 0. The van der Waals surface area contributed by atoms with E-state index in [9.17, 15) is 0 Å². The van der Waals surface area contributed by atoms with Crippen molar-refractivity contribution in [2.24, 2.45) is 0 Å².